The summed E-state index contributed by atoms with van der Waals surface area (Å²) in [6.07, 6.45) is 0. The van der Waals surface area contributed by atoms with Gasteiger partial charge in [-0.3, -0.25) is 4.90 Å². The van der Waals surface area contributed by atoms with Crippen LogP contribution in [0.1, 0.15) is 17.2 Å². The summed E-state index contributed by atoms with van der Waals surface area (Å²) in [6.45, 7) is 3.47. The Morgan fingerprint density at radius 2 is 1.84 bits per heavy atom. The Bertz CT molecular complexity index is 851. The highest BCUT2D eigenvalue weighted by atomic mass is 32.2. The van der Waals surface area contributed by atoms with Crippen molar-refractivity contribution in [1.29, 1.82) is 0 Å². The molecule has 1 unspecified atom stereocenters. The number of aryl methyl sites for hydroxylation is 1. The van der Waals surface area contributed by atoms with Crippen LogP contribution in [-0.4, -0.2) is 51.4 Å². The molecular weight excluding hydrogens is 336 g/mol. The molecular formula is C19H24N2O3S. The molecule has 2 aromatic rings. The van der Waals surface area contributed by atoms with Crippen LogP contribution in [-0.2, 0) is 10.0 Å². The van der Waals surface area contributed by atoms with Crippen LogP contribution >= 0.6 is 0 Å². The zero-order valence-corrected chi connectivity index (χ0v) is 15.7. The van der Waals surface area contributed by atoms with Crippen molar-refractivity contribution in [1.82, 2.24) is 9.21 Å². The van der Waals surface area contributed by atoms with E-state index in [4.69, 9.17) is 4.74 Å². The number of benzene rings is 2. The van der Waals surface area contributed by atoms with E-state index in [0.29, 0.717) is 24.5 Å². The Labute approximate surface area is 149 Å². The number of sulfonamides is 1. The molecule has 1 saturated heterocycles. The number of rotatable bonds is 4. The van der Waals surface area contributed by atoms with E-state index in [9.17, 15) is 8.42 Å². The van der Waals surface area contributed by atoms with Crippen molar-refractivity contribution in [2.75, 3.05) is 33.8 Å². The third-order valence-corrected chi connectivity index (χ3v) is 6.60. The van der Waals surface area contributed by atoms with Gasteiger partial charge in [-0.25, -0.2) is 8.42 Å². The summed E-state index contributed by atoms with van der Waals surface area (Å²) in [5, 5.41) is 0. The van der Waals surface area contributed by atoms with Gasteiger partial charge in [0, 0.05) is 25.2 Å². The predicted octanol–water partition coefficient (Wildman–Crippen LogP) is 2.68. The Balaban J connectivity index is 1.92. The number of para-hydroxylation sites is 1. The van der Waals surface area contributed by atoms with E-state index in [1.165, 1.54) is 0 Å². The maximum atomic E-state index is 13.1. The molecule has 134 valence electrons. The van der Waals surface area contributed by atoms with Crippen molar-refractivity contribution in [2.24, 2.45) is 0 Å². The molecule has 3 rings (SSSR count). The van der Waals surface area contributed by atoms with Gasteiger partial charge in [-0.1, -0.05) is 30.3 Å². The van der Waals surface area contributed by atoms with Gasteiger partial charge in [-0.05, 0) is 37.7 Å². The molecule has 2 aromatic carbocycles. The van der Waals surface area contributed by atoms with Crippen LogP contribution in [0.2, 0.25) is 0 Å². The molecule has 0 saturated carbocycles. The molecule has 1 atom stereocenters. The first-order valence-electron chi connectivity index (χ1n) is 8.33. The fraction of sp³-hybridized carbons (Fsp3) is 0.368. The standard InChI is InChI=1S/C19H24N2O3S/c1-15-7-6-8-16(13-15)25(22,23)21-12-11-20(2)18(14-21)17-9-4-5-10-19(17)24-3/h4-10,13,18H,11-12,14H2,1-3H3. The number of likely N-dealkylation sites (N-methyl/N-ethyl adjacent to an activating group) is 1. The fourth-order valence-electron chi connectivity index (χ4n) is 3.27. The minimum absolute atomic E-state index is 0.0375. The Hall–Kier alpha value is -1.89. The van der Waals surface area contributed by atoms with Crippen LogP contribution < -0.4 is 4.74 Å². The minimum atomic E-state index is -3.50. The highest BCUT2D eigenvalue weighted by Gasteiger charge is 2.34. The zero-order valence-electron chi connectivity index (χ0n) is 14.8. The maximum absolute atomic E-state index is 13.1. The van der Waals surface area contributed by atoms with E-state index >= 15 is 0 Å². The topological polar surface area (TPSA) is 49.9 Å². The van der Waals surface area contributed by atoms with Crippen molar-refractivity contribution >= 4 is 10.0 Å². The number of methoxy groups -OCH3 is 1. The molecule has 0 N–H and O–H groups in total. The Morgan fingerprint density at radius 3 is 2.56 bits per heavy atom. The third kappa shape index (κ3) is 3.56. The van der Waals surface area contributed by atoms with Crippen LogP contribution in [0.25, 0.3) is 0 Å². The summed E-state index contributed by atoms with van der Waals surface area (Å²) in [5.41, 5.74) is 1.95. The third-order valence-electron chi connectivity index (χ3n) is 4.74. The molecule has 1 aliphatic heterocycles. The number of nitrogens with zero attached hydrogens (tertiary/aromatic N) is 2. The lowest BCUT2D eigenvalue weighted by Crippen LogP contribution is -2.48. The smallest absolute Gasteiger partial charge is 0.243 e. The fourth-order valence-corrected chi connectivity index (χ4v) is 4.81. The molecule has 1 aliphatic rings. The van der Waals surface area contributed by atoms with Crippen molar-refractivity contribution in [3.63, 3.8) is 0 Å². The second kappa shape index (κ2) is 7.15. The Morgan fingerprint density at radius 1 is 1.08 bits per heavy atom. The SMILES string of the molecule is COc1ccccc1C1CN(S(=O)(=O)c2cccc(C)c2)CCN1C. The summed E-state index contributed by atoms with van der Waals surface area (Å²) in [6, 6.07) is 14.8. The van der Waals surface area contributed by atoms with Gasteiger partial charge in [-0.2, -0.15) is 4.31 Å². The van der Waals surface area contributed by atoms with E-state index in [-0.39, 0.29) is 6.04 Å². The normalized spacial score (nSPS) is 19.7. The molecule has 0 spiro atoms. The van der Waals surface area contributed by atoms with Gasteiger partial charge < -0.3 is 4.74 Å². The first kappa shape index (κ1) is 17.9. The molecule has 0 bridgehead atoms. The number of piperazine rings is 1. The first-order valence-corrected chi connectivity index (χ1v) is 9.77. The molecule has 0 amide bonds. The molecule has 5 nitrogen and oxygen atoms in total. The molecule has 0 aliphatic carbocycles. The molecule has 0 radical (unpaired) electrons. The average molecular weight is 360 g/mol. The molecule has 6 heteroatoms. The predicted molar refractivity (Wildman–Crippen MR) is 98.3 cm³/mol. The van der Waals surface area contributed by atoms with Gasteiger partial charge in [0.2, 0.25) is 10.0 Å². The van der Waals surface area contributed by atoms with Crippen LogP contribution in [0.3, 0.4) is 0 Å². The van der Waals surface area contributed by atoms with Crippen molar-refractivity contribution in [3.8, 4) is 5.75 Å². The quantitative estimate of drug-likeness (QED) is 0.841. The van der Waals surface area contributed by atoms with Gasteiger partial charge >= 0.3 is 0 Å². The highest BCUT2D eigenvalue weighted by molar-refractivity contribution is 7.89. The van der Waals surface area contributed by atoms with Crippen LogP contribution in [0.15, 0.2) is 53.4 Å². The van der Waals surface area contributed by atoms with E-state index in [2.05, 4.69) is 4.90 Å². The first-order chi connectivity index (χ1) is 11.9. The summed E-state index contributed by atoms with van der Waals surface area (Å²) in [4.78, 5) is 2.54. The van der Waals surface area contributed by atoms with Crippen molar-refractivity contribution in [3.05, 3.63) is 59.7 Å². The van der Waals surface area contributed by atoms with E-state index < -0.39 is 10.0 Å². The van der Waals surface area contributed by atoms with Crippen LogP contribution in [0, 0.1) is 6.92 Å². The molecule has 1 heterocycles. The minimum Gasteiger partial charge on any atom is -0.496 e. The van der Waals surface area contributed by atoms with Gasteiger partial charge in [0.05, 0.1) is 18.0 Å². The lowest BCUT2D eigenvalue weighted by Gasteiger charge is -2.39. The largest absolute Gasteiger partial charge is 0.496 e. The molecule has 0 aromatic heterocycles. The maximum Gasteiger partial charge on any atom is 0.243 e. The van der Waals surface area contributed by atoms with Gasteiger partial charge in [0.1, 0.15) is 5.75 Å². The summed E-state index contributed by atoms with van der Waals surface area (Å²) < 4.78 is 33.2. The highest BCUT2D eigenvalue weighted by Crippen LogP contribution is 2.33. The zero-order chi connectivity index (χ0) is 18.0. The summed E-state index contributed by atoms with van der Waals surface area (Å²) in [7, 11) is 0.161. The van der Waals surface area contributed by atoms with E-state index in [0.717, 1.165) is 16.9 Å². The second-order valence-electron chi connectivity index (χ2n) is 6.42. The van der Waals surface area contributed by atoms with Gasteiger partial charge in [-0.15, -0.1) is 0 Å². The number of hydrogen-bond acceptors (Lipinski definition) is 4. The summed E-state index contributed by atoms with van der Waals surface area (Å²) >= 11 is 0. The summed E-state index contributed by atoms with van der Waals surface area (Å²) in [5.74, 6) is 0.786. The average Bonchev–Trinajstić information content (AvgIpc) is 2.62. The second-order valence-corrected chi connectivity index (χ2v) is 8.36. The van der Waals surface area contributed by atoms with Crippen molar-refractivity contribution < 1.29 is 13.2 Å². The lowest BCUT2D eigenvalue weighted by molar-refractivity contribution is 0.146. The monoisotopic (exact) mass is 360 g/mol. The lowest BCUT2D eigenvalue weighted by atomic mass is 10.0. The number of ether oxygens (including phenoxy) is 1. The van der Waals surface area contributed by atoms with Crippen LogP contribution in [0.5, 0.6) is 5.75 Å². The van der Waals surface area contributed by atoms with E-state index in [1.54, 1.807) is 29.6 Å². The van der Waals surface area contributed by atoms with Crippen molar-refractivity contribution in [2.45, 2.75) is 17.9 Å². The van der Waals surface area contributed by atoms with Crippen LogP contribution in [0.4, 0.5) is 0 Å². The van der Waals surface area contributed by atoms with E-state index in [1.807, 2.05) is 44.3 Å². The Kier molecular flexibility index (Phi) is 5.13. The van der Waals surface area contributed by atoms with Gasteiger partial charge in [0.15, 0.2) is 0 Å². The number of hydrogen-bond donors (Lipinski definition) is 0. The van der Waals surface area contributed by atoms with Gasteiger partial charge in [0.25, 0.3) is 0 Å². The molecule has 25 heavy (non-hydrogen) atoms. The molecule has 1 fully saturated rings.